The van der Waals surface area contributed by atoms with Crippen molar-refractivity contribution in [3.05, 3.63) is 52.4 Å². The van der Waals surface area contributed by atoms with Crippen LogP contribution in [0.5, 0.6) is 5.75 Å². The van der Waals surface area contributed by atoms with E-state index in [9.17, 15) is 4.79 Å². The van der Waals surface area contributed by atoms with Crippen molar-refractivity contribution in [3.8, 4) is 5.75 Å². The Balaban J connectivity index is 0.00000264. The largest absolute Gasteiger partial charge is 0.486 e. The molecule has 0 fully saturated rings. The van der Waals surface area contributed by atoms with Crippen LogP contribution in [0.4, 0.5) is 0 Å². The number of halogens is 2. The van der Waals surface area contributed by atoms with Gasteiger partial charge in [-0.15, -0.1) is 12.4 Å². The topological polar surface area (TPSA) is 77.5 Å². The summed E-state index contributed by atoms with van der Waals surface area (Å²) >= 11 is 3.38. The minimum Gasteiger partial charge on any atom is -0.486 e. The molecular formula is C16H20BrClN2O3. The SMILES string of the molecule is CC(C)(CN)NC(=O)c1ccc(COc2cccc(Br)c2)o1.Cl. The highest BCUT2D eigenvalue weighted by Gasteiger charge is 2.21. The molecule has 126 valence electrons. The van der Waals surface area contributed by atoms with Crippen LogP contribution < -0.4 is 15.8 Å². The summed E-state index contributed by atoms with van der Waals surface area (Å²) in [6.45, 7) is 4.30. The lowest BCUT2D eigenvalue weighted by molar-refractivity contribution is 0.0883. The normalized spacial score (nSPS) is 10.8. The molecule has 1 heterocycles. The summed E-state index contributed by atoms with van der Waals surface area (Å²) in [4.78, 5) is 12.0. The Hall–Kier alpha value is -1.50. The van der Waals surface area contributed by atoms with E-state index in [2.05, 4.69) is 21.2 Å². The second kappa shape index (κ2) is 8.38. The number of nitrogens with one attached hydrogen (secondary N) is 1. The van der Waals surface area contributed by atoms with Crippen molar-refractivity contribution < 1.29 is 13.9 Å². The first-order valence-corrected chi connectivity index (χ1v) is 7.68. The average molecular weight is 404 g/mol. The number of carbonyl (C=O) groups is 1. The molecule has 0 saturated carbocycles. The number of ether oxygens (including phenoxy) is 1. The number of hydrogen-bond donors (Lipinski definition) is 2. The molecule has 0 spiro atoms. The van der Waals surface area contributed by atoms with Gasteiger partial charge in [0.2, 0.25) is 0 Å². The van der Waals surface area contributed by atoms with Crippen LogP contribution in [0.25, 0.3) is 0 Å². The van der Waals surface area contributed by atoms with E-state index < -0.39 is 5.54 Å². The maximum Gasteiger partial charge on any atom is 0.287 e. The summed E-state index contributed by atoms with van der Waals surface area (Å²) in [5, 5.41) is 2.81. The summed E-state index contributed by atoms with van der Waals surface area (Å²) in [5.41, 5.74) is 5.12. The van der Waals surface area contributed by atoms with Crippen molar-refractivity contribution in [1.29, 1.82) is 0 Å². The second-order valence-electron chi connectivity index (χ2n) is 5.55. The smallest absolute Gasteiger partial charge is 0.287 e. The predicted molar refractivity (Wildman–Crippen MR) is 95.0 cm³/mol. The first-order chi connectivity index (χ1) is 10.4. The van der Waals surface area contributed by atoms with Gasteiger partial charge in [0.05, 0.1) is 0 Å². The Kier molecular flexibility index (Phi) is 7.12. The predicted octanol–water partition coefficient (Wildman–Crippen LogP) is 3.51. The minimum absolute atomic E-state index is 0. The fourth-order valence-corrected chi connectivity index (χ4v) is 2.09. The zero-order valence-electron chi connectivity index (χ0n) is 13.0. The zero-order valence-corrected chi connectivity index (χ0v) is 15.4. The van der Waals surface area contributed by atoms with E-state index in [0.717, 1.165) is 10.2 Å². The number of rotatable bonds is 6. The molecule has 1 amide bonds. The molecule has 0 aliphatic carbocycles. The highest BCUT2D eigenvalue weighted by atomic mass is 79.9. The Morgan fingerprint density at radius 3 is 2.74 bits per heavy atom. The van der Waals surface area contributed by atoms with Gasteiger partial charge in [-0.05, 0) is 44.2 Å². The van der Waals surface area contributed by atoms with E-state index in [0.29, 0.717) is 12.3 Å². The van der Waals surface area contributed by atoms with Crippen LogP contribution in [0.15, 0.2) is 45.3 Å². The Labute approximate surface area is 150 Å². The van der Waals surface area contributed by atoms with Crippen LogP contribution >= 0.6 is 28.3 Å². The van der Waals surface area contributed by atoms with Crippen LogP contribution in [0, 0.1) is 0 Å². The molecule has 0 atom stereocenters. The van der Waals surface area contributed by atoms with Gasteiger partial charge in [-0.25, -0.2) is 0 Å². The lowest BCUT2D eigenvalue weighted by atomic mass is 10.1. The van der Waals surface area contributed by atoms with Crippen molar-refractivity contribution in [2.45, 2.75) is 26.0 Å². The molecule has 0 unspecified atom stereocenters. The quantitative estimate of drug-likeness (QED) is 0.774. The number of hydrogen-bond acceptors (Lipinski definition) is 4. The molecule has 1 aromatic heterocycles. The molecule has 3 N–H and O–H groups in total. The van der Waals surface area contributed by atoms with Crippen molar-refractivity contribution in [2.24, 2.45) is 5.73 Å². The molecule has 1 aromatic carbocycles. The van der Waals surface area contributed by atoms with Gasteiger partial charge in [0.25, 0.3) is 5.91 Å². The fourth-order valence-electron chi connectivity index (χ4n) is 1.71. The number of nitrogens with two attached hydrogens (primary N) is 1. The lowest BCUT2D eigenvalue weighted by Gasteiger charge is -2.23. The molecule has 0 aliphatic heterocycles. The van der Waals surface area contributed by atoms with Gasteiger partial charge in [-0.1, -0.05) is 22.0 Å². The van der Waals surface area contributed by atoms with Crippen LogP contribution in [0.3, 0.4) is 0 Å². The highest BCUT2D eigenvalue weighted by molar-refractivity contribution is 9.10. The van der Waals surface area contributed by atoms with E-state index in [1.807, 2.05) is 38.1 Å². The van der Waals surface area contributed by atoms with E-state index in [1.54, 1.807) is 12.1 Å². The Bertz CT molecular complexity index is 658. The Morgan fingerprint density at radius 1 is 1.35 bits per heavy atom. The van der Waals surface area contributed by atoms with Gasteiger partial charge < -0.3 is 20.2 Å². The third-order valence-corrected chi connectivity index (χ3v) is 3.52. The molecule has 23 heavy (non-hydrogen) atoms. The fraction of sp³-hybridized carbons (Fsp3) is 0.312. The maximum atomic E-state index is 12.0. The Morgan fingerprint density at radius 2 is 2.09 bits per heavy atom. The molecule has 2 rings (SSSR count). The molecule has 0 saturated heterocycles. The molecule has 0 radical (unpaired) electrons. The number of furan rings is 1. The first-order valence-electron chi connectivity index (χ1n) is 6.89. The van der Waals surface area contributed by atoms with Gasteiger partial charge in [0.1, 0.15) is 18.1 Å². The van der Waals surface area contributed by atoms with Crippen molar-refractivity contribution in [1.82, 2.24) is 5.32 Å². The minimum atomic E-state index is -0.475. The van der Waals surface area contributed by atoms with E-state index in [4.69, 9.17) is 14.9 Å². The highest BCUT2D eigenvalue weighted by Crippen LogP contribution is 2.19. The monoisotopic (exact) mass is 402 g/mol. The van der Waals surface area contributed by atoms with Gasteiger partial charge in [0, 0.05) is 16.6 Å². The van der Waals surface area contributed by atoms with Gasteiger partial charge in [0.15, 0.2) is 5.76 Å². The summed E-state index contributed by atoms with van der Waals surface area (Å²) in [6.07, 6.45) is 0. The summed E-state index contributed by atoms with van der Waals surface area (Å²) in [5.74, 6) is 1.26. The lowest BCUT2D eigenvalue weighted by Crippen LogP contribution is -2.48. The zero-order chi connectivity index (χ0) is 16.2. The van der Waals surface area contributed by atoms with E-state index in [1.165, 1.54) is 0 Å². The van der Waals surface area contributed by atoms with Gasteiger partial charge >= 0.3 is 0 Å². The summed E-state index contributed by atoms with van der Waals surface area (Å²) in [7, 11) is 0. The molecular weight excluding hydrogens is 384 g/mol. The van der Waals surface area contributed by atoms with Crippen LogP contribution in [0.1, 0.15) is 30.2 Å². The van der Waals surface area contributed by atoms with Crippen molar-refractivity contribution in [2.75, 3.05) is 6.54 Å². The van der Waals surface area contributed by atoms with Crippen LogP contribution in [-0.4, -0.2) is 18.0 Å². The molecule has 0 bridgehead atoms. The van der Waals surface area contributed by atoms with Gasteiger partial charge in [-0.3, -0.25) is 4.79 Å². The maximum absolute atomic E-state index is 12.0. The third kappa shape index (κ3) is 5.89. The van der Waals surface area contributed by atoms with Crippen LogP contribution in [-0.2, 0) is 6.61 Å². The molecule has 5 nitrogen and oxygen atoms in total. The third-order valence-electron chi connectivity index (χ3n) is 3.02. The van der Waals surface area contributed by atoms with Gasteiger partial charge in [-0.2, -0.15) is 0 Å². The molecule has 7 heteroatoms. The van der Waals surface area contributed by atoms with E-state index >= 15 is 0 Å². The first kappa shape index (κ1) is 19.5. The number of carbonyl (C=O) groups excluding carboxylic acids is 1. The summed E-state index contributed by atoms with van der Waals surface area (Å²) in [6, 6.07) is 10.9. The van der Waals surface area contributed by atoms with Crippen molar-refractivity contribution in [3.63, 3.8) is 0 Å². The molecule has 0 aliphatic rings. The average Bonchev–Trinajstić information content (AvgIpc) is 2.94. The summed E-state index contributed by atoms with van der Waals surface area (Å²) < 4.78 is 12.0. The van der Waals surface area contributed by atoms with Crippen LogP contribution in [0.2, 0.25) is 0 Å². The van der Waals surface area contributed by atoms with Crippen molar-refractivity contribution >= 4 is 34.2 Å². The standard InChI is InChI=1S/C16H19BrN2O3.ClH/c1-16(2,10-18)19-15(20)14-7-6-13(22-14)9-21-12-5-3-4-11(17)8-12;/h3-8H,9-10,18H2,1-2H3,(H,19,20);1H. The van der Waals surface area contributed by atoms with E-state index in [-0.39, 0.29) is 30.7 Å². The number of amides is 1. The number of benzene rings is 1. The molecule has 2 aromatic rings. The second-order valence-corrected chi connectivity index (χ2v) is 6.47.